The van der Waals surface area contributed by atoms with Gasteiger partial charge in [0.1, 0.15) is 12.2 Å². The van der Waals surface area contributed by atoms with Crippen LogP contribution in [0.15, 0.2) is 23.0 Å². The summed E-state index contributed by atoms with van der Waals surface area (Å²) in [6.45, 7) is 6.47. The molecule has 7 heteroatoms. The van der Waals surface area contributed by atoms with Gasteiger partial charge in [0.05, 0.1) is 31.5 Å². The average molecular weight is 433 g/mol. The zero-order valence-electron chi connectivity index (χ0n) is 18.7. The van der Waals surface area contributed by atoms with Crippen molar-refractivity contribution in [2.45, 2.75) is 65.1 Å². The molecule has 3 aliphatic rings. The van der Waals surface area contributed by atoms with E-state index in [1.165, 1.54) is 7.11 Å². The van der Waals surface area contributed by atoms with Gasteiger partial charge in [-0.25, -0.2) is 0 Å². The first-order valence-electron chi connectivity index (χ1n) is 11.2. The number of ether oxygens (including phenoxy) is 3. The number of carbonyl (C=O) groups is 3. The molecule has 1 aromatic rings. The van der Waals surface area contributed by atoms with Crippen molar-refractivity contribution in [2.75, 3.05) is 13.7 Å². The third-order valence-electron chi connectivity index (χ3n) is 8.03. The van der Waals surface area contributed by atoms with Crippen molar-refractivity contribution in [3.63, 3.8) is 0 Å². The number of Topliss-reactive ketones (excluding diaryl/α,β-unsaturated/α-hetero) is 1. The molecule has 0 amide bonds. The third kappa shape index (κ3) is 3.41. The van der Waals surface area contributed by atoms with E-state index in [1.807, 2.05) is 20.8 Å². The first-order valence-corrected chi connectivity index (χ1v) is 11.2. The van der Waals surface area contributed by atoms with Gasteiger partial charge in [0.15, 0.2) is 5.78 Å². The maximum Gasteiger partial charge on any atom is 0.310 e. The van der Waals surface area contributed by atoms with Gasteiger partial charge in [-0.15, -0.1) is 0 Å². The largest absolute Gasteiger partial charge is 0.472 e. The molecule has 0 radical (unpaired) electrons. The molecule has 1 aliphatic heterocycles. The molecule has 2 heterocycles. The summed E-state index contributed by atoms with van der Waals surface area (Å²) >= 11 is 0. The van der Waals surface area contributed by atoms with Gasteiger partial charge in [-0.1, -0.05) is 20.8 Å². The molecule has 0 spiro atoms. The second kappa shape index (κ2) is 8.08. The lowest BCUT2D eigenvalue weighted by Gasteiger charge is -2.61. The molecule has 2 aliphatic carbocycles. The van der Waals surface area contributed by atoms with Crippen LogP contribution >= 0.6 is 0 Å². The first-order chi connectivity index (χ1) is 14.8. The number of carbonyl (C=O) groups excluding carboxylic acids is 3. The van der Waals surface area contributed by atoms with Crippen LogP contribution in [-0.4, -0.2) is 37.5 Å². The van der Waals surface area contributed by atoms with E-state index in [4.69, 9.17) is 18.6 Å². The molecule has 170 valence electrons. The number of hydrogen-bond donors (Lipinski definition) is 0. The molecule has 0 unspecified atom stereocenters. The summed E-state index contributed by atoms with van der Waals surface area (Å²) in [5.41, 5.74) is -0.464. The minimum absolute atomic E-state index is 0.00365. The van der Waals surface area contributed by atoms with Crippen LogP contribution in [0.4, 0.5) is 0 Å². The molecule has 7 nitrogen and oxygen atoms in total. The Kier molecular flexibility index (Phi) is 5.75. The number of cyclic esters (lactones) is 1. The molecular formula is C24H32O7. The number of rotatable bonds is 5. The fourth-order valence-electron chi connectivity index (χ4n) is 6.57. The smallest absolute Gasteiger partial charge is 0.310 e. The van der Waals surface area contributed by atoms with Crippen LogP contribution in [0.5, 0.6) is 0 Å². The van der Waals surface area contributed by atoms with E-state index >= 15 is 0 Å². The Hall–Kier alpha value is -2.15. The van der Waals surface area contributed by atoms with Gasteiger partial charge >= 0.3 is 11.9 Å². The van der Waals surface area contributed by atoms with Gasteiger partial charge in [-0.2, -0.15) is 0 Å². The molecule has 31 heavy (non-hydrogen) atoms. The fourth-order valence-corrected chi connectivity index (χ4v) is 6.57. The molecule has 2 saturated carbocycles. The summed E-state index contributed by atoms with van der Waals surface area (Å²) in [4.78, 5) is 39.7. The number of esters is 2. The van der Waals surface area contributed by atoms with Crippen LogP contribution in [0, 0.1) is 28.6 Å². The van der Waals surface area contributed by atoms with E-state index < -0.39 is 34.9 Å². The predicted octanol–water partition coefficient (Wildman–Crippen LogP) is 3.86. The number of ketones is 1. The molecule has 1 aromatic heterocycles. The van der Waals surface area contributed by atoms with Crippen molar-refractivity contribution in [1.82, 2.24) is 0 Å². The number of methoxy groups -OCH3 is 1. The standard InChI is InChI=1S/C24H32O7/c1-5-9-30-17-11-16(21(26)28-4)23(2)8-6-15-22(27)31-18(14-7-10-29-13-14)12-24(15,3)20(23)19(17)25/h7,10,13,15-18,20H,5-6,8-9,11-12H2,1-4H3/t15-,16-,17-,18+,20-,23-,24-/m0/s1. The minimum atomic E-state index is -0.664. The normalized spacial score (nSPS) is 39.9. The lowest BCUT2D eigenvalue weighted by molar-refractivity contribution is -0.209. The highest BCUT2D eigenvalue weighted by Crippen LogP contribution is 2.65. The Balaban J connectivity index is 1.77. The van der Waals surface area contributed by atoms with E-state index in [1.54, 1.807) is 18.6 Å². The maximum atomic E-state index is 13.8. The Morgan fingerprint density at radius 1 is 1.26 bits per heavy atom. The van der Waals surface area contributed by atoms with Crippen molar-refractivity contribution < 1.29 is 33.0 Å². The first kappa shape index (κ1) is 22.1. The number of furan rings is 1. The van der Waals surface area contributed by atoms with Crippen LogP contribution in [0.3, 0.4) is 0 Å². The minimum Gasteiger partial charge on any atom is -0.472 e. The highest BCUT2D eigenvalue weighted by Gasteiger charge is 2.67. The van der Waals surface area contributed by atoms with Crippen molar-refractivity contribution in [3.05, 3.63) is 24.2 Å². The van der Waals surface area contributed by atoms with Crippen molar-refractivity contribution >= 4 is 17.7 Å². The quantitative estimate of drug-likeness (QED) is 0.652. The van der Waals surface area contributed by atoms with Crippen LogP contribution in [-0.2, 0) is 28.6 Å². The van der Waals surface area contributed by atoms with Gasteiger partial charge < -0.3 is 18.6 Å². The van der Waals surface area contributed by atoms with Gasteiger partial charge in [-0.05, 0) is 49.0 Å². The third-order valence-corrected chi connectivity index (χ3v) is 8.03. The Morgan fingerprint density at radius 2 is 2.03 bits per heavy atom. The van der Waals surface area contributed by atoms with Gasteiger partial charge in [0.2, 0.25) is 0 Å². The topological polar surface area (TPSA) is 92.0 Å². The van der Waals surface area contributed by atoms with E-state index in [0.29, 0.717) is 32.3 Å². The Morgan fingerprint density at radius 3 is 2.68 bits per heavy atom. The molecular weight excluding hydrogens is 400 g/mol. The monoisotopic (exact) mass is 432 g/mol. The summed E-state index contributed by atoms with van der Waals surface area (Å²) in [7, 11) is 1.39. The van der Waals surface area contributed by atoms with E-state index in [-0.39, 0.29) is 23.6 Å². The second-order valence-electron chi connectivity index (χ2n) is 9.80. The molecule has 0 aromatic carbocycles. The van der Waals surface area contributed by atoms with Crippen LogP contribution in [0.25, 0.3) is 0 Å². The van der Waals surface area contributed by atoms with Crippen LogP contribution in [0.2, 0.25) is 0 Å². The molecule has 3 fully saturated rings. The van der Waals surface area contributed by atoms with Crippen molar-refractivity contribution in [3.8, 4) is 0 Å². The van der Waals surface area contributed by atoms with E-state index in [2.05, 4.69) is 0 Å². The predicted molar refractivity (Wildman–Crippen MR) is 110 cm³/mol. The molecule has 0 N–H and O–H groups in total. The zero-order valence-corrected chi connectivity index (χ0v) is 18.7. The summed E-state index contributed by atoms with van der Waals surface area (Å²) < 4.78 is 22.0. The number of fused-ring (bicyclic) bond motifs is 3. The summed E-state index contributed by atoms with van der Waals surface area (Å²) in [5, 5.41) is 0. The lowest BCUT2D eigenvalue weighted by atomic mass is 9.43. The summed E-state index contributed by atoms with van der Waals surface area (Å²) in [6.07, 6.45) is 4.78. The highest BCUT2D eigenvalue weighted by atomic mass is 16.5. The van der Waals surface area contributed by atoms with Gasteiger partial charge in [-0.3, -0.25) is 14.4 Å². The maximum absolute atomic E-state index is 13.8. The van der Waals surface area contributed by atoms with Crippen LogP contribution < -0.4 is 0 Å². The number of hydrogen-bond acceptors (Lipinski definition) is 7. The average Bonchev–Trinajstić information content (AvgIpc) is 3.26. The summed E-state index contributed by atoms with van der Waals surface area (Å²) in [5.74, 6) is -1.92. The Labute approximate surface area is 182 Å². The Bertz CT molecular complexity index is 846. The van der Waals surface area contributed by atoms with Gasteiger partial charge in [0.25, 0.3) is 0 Å². The molecule has 7 atom stereocenters. The van der Waals surface area contributed by atoms with E-state index in [9.17, 15) is 14.4 Å². The van der Waals surface area contributed by atoms with Gasteiger partial charge in [0, 0.05) is 18.1 Å². The van der Waals surface area contributed by atoms with Crippen molar-refractivity contribution in [1.29, 1.82) is 0 Å². The molecule has 0 bridgehead atoms. The van der Waals surface area contributed by atoms with Crippen molar-refractivity contribution in [2.24, 2.45) is 28.6 Å². The SMILES string of the molecule is CCCO[C@H]1C[C@@H](C(=O)OC)[C@]2(C)CC[C@H]3C(=O)O[C@@H](c4ccoc4)C[C@]3(C)[C@H]2C1=O. The highest BCUT2D eigenvalue weighted by molar-refractivity contribution is 5.92. The van der Waals surface area contributed by atoms with E-state index in [0.717, 1.165) is 12.0 Å². The molecule has 1 saturated heterocycles. The summed E-state index contributed by atoms with van der Waals surface area (Å²) in [6, 6.07) is 1.79. The fraction of sp³-hybridized carbons (Fsp3) is 0.708. The second-order valence-corrected chi connectivity index (χ2v) is 9.80. The zero-order chi connectivity index (χ0) is 22.4. The molecule has 4 rings (SSSR count). The lowest BCUT2D eigenvalue weighted by Crippen LogP contribution is -2.64. The van der Waals surface area contributed by atoms with Crippen LogP contribution in [0.1, 0.15) is 64.5 Å².